The molecule has 0 saturated heterocycles. The van der Waals surface area contributed by atoms with Gasteiger partial charge in [-0.25, -0.2) is 4.98 Å². The molecule has 2 rings (SSSR count). The Labute approximate surface area is 112 Å². The molecule has 1 N–H and O–H groups in total. The average Bonchev–Trinajstić information content (AvgIpc) is 2.57. The summed E-state index contributed by atoms with van der Waals surface area (Å²) in [5.41, 5.74) is 2.36. The molecular weight excluding hydrogens is 242 g/mol. The molecule has 1 aromatic carbocycles. The van der Waals surface area contributed by atoms with Crippen molar-refractivity contribution >= 4 is 11.3 Å². The Hall–Kier alpha value is -1.19. The van der Waals surface area contributed by atoms with Crippen LogP contribution in [0, 0.1) is 20.8 Å². The minimum absolute atomic E-state index is 0.565. The van der Waals surface area contributed by atoms with E-state index >= 15 is 0 Å². The molecule has 0 fully saturated rings. The quantitative estimate of drug-likeness (QED) is 0.917. The zero-order chi connectivity index (χ0) is 13.3. The van der Waals surface area contributed by atoms with E-state index in [-0.39, 0.29) is 0 Å². The van der Waals surface area contributed by atoms with E-state index in [0.717, 1.165) is 16.3 Å². The van der Waals surface area contributed by atoms with Crippen LogP contribution in [-0.4, -0.2) is 10.1 Å². The number of aromatic nitrogens is 1. The number of aryl methyl sites for hydroxylation is 3. The largest absolute Gasteiger partial charge is 0.385 e. The molecule has 3 heteroatoms. The summed E-state index contributed by atoms with van der Waals surface area (Å²) in [7, 11) is 0. The van der Waals surface area contributed by atoms with E-state index in [9.17, 15) is 5.11 Å². The standard InChI is InChI=1S/C15H19NOS/c1-10-5-7-13(8-6-10)15(4,17)9-14-16-11(2)12(3)18-14/h5-8,17H,9H2,1-4H3. The van der Waals surface area contributed by atoms with Crippen molar-refractivity contribution < 1.29 is 5.11 Å². The van der Waals surface area contributed by atoms with Gasteiger partial charge in [0.1, 0.15) is 0 Å². The topological polar surface area (TPSA) is 33.1 Å². The van der Waals surface area contributed by atoms with Crippen LogP contribution in [0.2, 0.25) is 0 Å². The first kappa shape index (κ1) is 13.2. The van der Waals surface area contributed by atoms with Gasteiger partial charge in [-0.1, -0.05) is 29.8 Å². The minimum Gasteiger partial charge on any atom is -0.385 e. The summed E-state index contributed by atoms with van der Waals surface area (Å²) < 4.78 is 0. The molecule has 2 aromatic rings. The first-order chi connectivity index (χ1) is 8.38. The first-order valence-corrected chi connectivity index (χ1v) is 6.92. The van der Waals surface area contributed by atoms with Crippen molar-refractivity contribution in [1.29, 1.82) is 0 Å². The molecule has 1 atom stereocenters. The summed E-state index contributed by atoms with van der Waals surface area (Å²) in [6.45, 7) is 7.97. The maximum Gasteiger partial charge on any atom is 0.0962 e. The van der Waals surface area contributed by atoms with E-state index in [1.165, 1.54) is 10.4 Å². The predicted octanol–water partition coefficient (Wildman–Crippen LogP) is 3.52. The lowest BCUT2D eigenvalue weighted by Gasteiger charge is -2.22. The highest BCUT2D eigenvalue weighted by Crippen LogP contribution is 2.28. The third-order valence-corrected chi connectivity index (χ3v) is 4.31. The van der Waals surface area contributed by atoms with Gasteiger partial charge >= 0.3 is 0 Å². The Kier molecular flexibility index (Phi) is 3.55. The summed E-state index contributed by atoms with van der Waals surface area (Å²) >= 11 is 1.67. The van der Waals surface area contributed by atoms with Crippen molar-refractivity contribution in [3.63, 3.8) is 0 Å². The van der Waals surface area contributed by atoms with Gasteiger partial charge in [-0.2, -0.15) is 0 Å². The van der Waals surface area contributed by atoms with Gasteiger partial charge in [-0.05, 0) is 33.3 Å². The second-order valence-electron chi connectivity index (χ2n) is 5.07. The molecular formula is C15H19NOS. The molecule has 1 aromatic heterocycles. The predicted molar refractivity (Wildman–Crippen MR) is 76.0 cm³/mol. The van der Waals surface area contributed by atoms with Gasteiger partial charge in [0.15, 0.2) is 0 Å². The lowest BCUT2D eigenvalue weighted by atomic mass is 9.92. The Balaban J connectivity index is 2.23. The van der Waals surface area contributed by atoms with Gasteiger partial charge in [0.2, 0.25) is 0 Å². The van der Waals surface area contributed by atoms with Crippen LogP contribution >= 0.6 is 11.3 Å². The van der Waals surface area contributed by atoms with Crippen LogP contribution in [-0.2, 0) is 12.0 Å². The molecule has 0 aliphatic rings. The van der Waals surface area contributed by atoms with E-state index in [4.69, 9.17) is 0 Å². The van der Waals surface area contributed by atoms with Crippen molar-refractivity contribution in [2.75, 3.05) is 0 Å². The van der Waals surface area contributed by atoms with E-state index in [0.29, 0.717) is 6.42 Å². The van der Waals surface area contributed by atoms with Crippen molar-refractivity contribution in [2.24, 2.45) is 0 Å². The highest BCUT2D eigenvalue weighted by molar-refractivity contribution is 7.11. The normalized spacial score (nSPS) is 14.5. The number of aliphatic hydroxyl groups is 1. The van der Waals surface area contributed by atoms with Crippen LogP contribution in [0.5, 0.6) is 0 Å². The SMILES string of the molecule is Cc1ccc(C(C)(O)Cc2nc(C)c(C)s2)cc1. The molecule has 18 heavy (non-hydrogen) atoms. The van der Waals surface area contributed by atoms with Gasteiger partial charge < -0.3 is 5.11 Å². The summed E-state index contributed by atoms with van der Waals surface area (Å²) in [5, 5.41) is 11.6. The smallest absolute Gasteiger partial charge is 0.0962 e. The second kappa shape index (κ2) is 4.82. The molecule has 0 amide bonds. The second-order valence-corrected chi connectivity index (χ2v) is 6.35. The maximum atomic E-state index is 10.6. The van der Waals surface area contributed by atoms with Gasteiger partial charge in [0, 0.05) is 11.3 Å². The monoisotopic (exact) mass is 261 g/mol. The van der Waals surface area contributed by atoms with E-state index < -0.39 is 5.60 Å². The maximum absolute atomic E-state index is 10.6. The fraction of sp³-hybridized carbons (Fsp3) is 0.400. The molecule has 0 saturated carbocycles. The fourth-order valence-electron chi connectivity index (χ4n) is 1.92. The van der Waals surface area contributed by atoms with Gasteiger partial charge in [0.05, 0.1) is 16.3 Å². The zero-order valence-corrected chi connectivity index (χ0v) is 12.1. The van der Waals surface area contributed by atoms with E-state index in [1.54, 1.807) is 11.3 Å². The van der Waals surface area contributed by atoms with Crippen LogP contribution in [0.15, 0.2) is 24.3 Å². The van der Waals surface area contributed by atoms with Gasteiger partial charge in [-0.15, -0.1) is 11.3 Å². The molecule has 1 unspecified atom stereocenters. The third-order valence-electron chi connectivity index (χ3n) is 3.24. The summed E-state index contributed by atoms with van der Waals surface area (Å²) in [6.07, 6.45) is 0.565. The van der Waals surface area contributed by atoms with Crippen molar-refractivity contribution in [3.8, 4) is 0 Å². The number of hydrogen-bond donors (Lipinski definition) is 1. The van der Waals surface area contributed by atoms with Gasteiger partial charge in [0.25, 0.3) is 0 Å². The first-order valence-electron chi connectivity index (χ1n) is 6.11. The lowest BCUT2D eigenvalue weighted by molar-refractivity contribution is 0.0575. The van der Waals surface area contributed by atoms with Crippen molar-refractivity contribution in [3.05, 3.63) is 51.0 Å². The van der Waals surface area contributed by atoms with Crippen LogP contribution < -0.4 is 0 Å². The molecule has 0 aliphatic heterocycles. The molecule has 2 nitrogen and oxygen atoms in total. The Morgan fingerprint density at radius 2 is 1.78 bits per heavy atom. The van der Waals surface area contributed by atoms with Crippen LogP contribution in [0.4, 0.5) is 0 Å². The Morgan fingerprint density at radius 1 is 1.17 bits per heavy atom. The fourth-order valence-corrected chi connectivity index (χ4v) is 3.01. The van der Waals surface area contributed by atoms with Crippen molar-refractivity contribution in [1.82, 2.24) is 4.98 Å². The Morgan fingerprint density at radius 3 is 2.28 bits per heavy atom. The lowest BCUT2D eigenvalue weighted by Crippen LogP contribution is -2.24. The summed E-state index contributed by atoms with van der Waals surface area (Å²) in [5.74, 6) is 0. The number of thiazole rings is 1. The molecule has 96 valence electrons. The van der Waals surface area contributed by atoms with Crippen LogP contribution in [0.25, 0.3) is 0 Å². The molecule has 0 bridgehead atoms. The highest BCUT2D eigenvalue weighted by atomic mass is 32.1. The third kappa shape index (κ3) is 2.79. The van der Waals surface area contributed by atoms with Crippen LogP contribution in [0.3, 0.4) is 0 Å². The number of rotatable bonds is 3. The number of nitrogens with zero attached hydrogens (tertiary/aromatic N) is 1. The molecule has 0 spiro atoms. The highest BCUT2D eigenvalue weighted by Gasteiger charge is 2.25. The number of hydrogen-bond acceptors (Lipinski definition) is 3. The summed E-state index contributed by atoms with van der Waals surface area (Å²) in [4.78, 5) is 5.72. The Bertz CT molecular complexity index is 521. The van der Waals surface area contributed by atoms with Gasteiger partial charge in [-0.3, -0.25) is 0 Å². The number of benzene rings is 1. The molecule has 1 heterocycles. The average molecular weight is 261 g/mol. The zero-order valence-electron chi connectivity index (χ0n) is 11.3. The molecule has 0 aliphatic carbocycles. The molecule has 0 radical (unpaired) electrons. The van der Waals surface area contributed by atoms with E-state index in [1.807, 2.05) is 45.0 Å². The van der Waals surface area contributed by atoms with Crippen molar-refractivity contribution in [2.45, 2.75) is 39.7 Å². The van der Waals surface area contributed by atoms with Crippen LogP contribution in [0.1, 0.15) is 33.6 Å². The minimum atomic E-state index is -0.857. The summed E-state index contributed by atoms with van der Waals surface area (Å²) in [6, 6.07) is 8.04. The van der Waals surface area contributed by atoms with E-state index in [2.05, 4.69) is 11.9 Å².